The zero-order valence-corrected chi connectivity index (χ0v) is 15.8. The Labute approximate surface area is 148 Å². The third-order valence-electron chi connectivity index (χ3n) is 4.96. The molecule has 1 amide bonds. The van der Waals surface area contributed by atoms with Gasteiger partial charge in [-0.1, -0.05) is 24.3 Å². The second-order valence-electron chi connectivity index (χ2n) is 6.88. The quantitative estimate of drug-likeness (QED) is 0.812. The summed E-state index contributed by atoms with van der Waals surface area (Å²) in [4.78, 5) is 18.9. The third-order valence-corrected chi connectivity index (χ3v) is 6.23. The number of amides is 1. The summed E-state index contributed by atoms with van der Waals surface area (Å²) in [6.45, 7) is 6.06. The van der Waals surface area contributed by atoms with E-state index in [0.717, 1.165) is 36.4 Å². The van der Waals surface area contributed by atoms with E-state index >= 15 is 0 Å². The zero-order valence-electron chi connectivity index (χ0n) is 15.0. The number of benzene rings is 1. The molecule has 3 rings (SSSR count). The molecule has 24 heavy (non-hydrogen) atoms. The fraction of sp³-hybridized carbons (Fsp3) is 0.450. The van der Waals surface area contributed by atoms with Crippen molar-refractivity contribution in [3.63, 3.8) is 0 Å². The summed E-state index contributed by atoms with van der Waals surface area (Å²) in [6, 6.07) is 11.3. The second-order valence-corrected chi connectivity index (χ2v) is 7.94. The minimum Gasteiger partial charge on any atom is -0.338 e. The number of rotatable bonds is 4. The number of carbonyl (C=O) groups is 1. The fourth-order valence-electron chi connectivity index (χ4n) is 3.12. The molecule has 0 bridgehead atoms. The van der Waals surface area contributed by atoms with Gasteiger partial charge in [0.05, 0.1) is 4.88 Å². The number of thiophene rings is 1. The van der Waals surface area contributed by atoms with Gasteiger partial charge in [0, 0.05) is 24.0 Å². The Bertz CT molecular complexity index is 712. The highest BCUT2D eigenvalue weighted by Gasteiger charge is 2.23. The van der Waals surface area contributed by atoms with Gasteiger partial charge in [-0.3, -0.25) is 4.79 Å². The smallest absolute Gasteiger partial charge is 0.264 e. The maximum atomic E-state index is 12.7. The van der Waals surface area contributed by atoms with E-state index in [4.69, 9.17) is 0 Å². The van der Waals surface area contributed by atoms with Gasteiger partial charge in [-0.05, 0) is 63.5 Å². The van der Waals surface area contributed by atoms with Gasteiger partial charge in [0.2, 0.25) is 0 Å². The lowest BCUT2D eigenvalue weighted by Crippen LogP contribution is -2.27. The molecule has 1 saturated heterocycles. The van der Waals surface area contributed by atoms with Crippen LogP contribution in [0.1, 0.15) is 46.6 Å². The van der Waals surface area contributed by atoms with Gasteiger partial charge in [-0.15, -0.1) is 11.3 Å². The van der Waals surface area contributed by atoms with Crippen LogP contribution in [0.3, 0.4) is 0 Å². The summed E-state index contributed by atoms with van der Waals surface area (Å²) in [5, 5.41) is 0. The van der Waals surface area contributed by atoms with E-state index in [-0.39, 0.29) is 5.91 Å². The Morgan fingerprint density at radius 1 is 1.17 bits per heavy atom. The molecule has 1 aromatic carbocycles. The number of hydrogen-bond acceptors (Lipinski definition) is 3. The standard InChI is InChI=1S/C20H26N2OS/c1-14-13-18(24-19(14)20(23)22-11-5-6-12-22)17-9-7-16(8-10-17)15(2)21(3)4/h7-10,13,15H,5-6,11-12H2,1-4H3. The van der Waals surface area contributed by atoms with E-state index in [9.17, 15) is 4.79 Å². The van der Waals surface area contributed by atoms with Crippen molar-refractivity contribution in [2.75, 3.05) is 27.2 Å². The summed E-state index contributed by atoms with van der Waals surface area (Å²) in [5.74, 6) is 0.208. The van der Waals surface area contributed by atoms with E-state index in [1.807, 2.05) is 11.8 Å². The molecule has 0 radical (unpaired) electrons. The highest BCUT2D eigenvalue weighted by molar-refractivity contribution is 7.17. The van der Waals surface area contributed by atoms with Crippen LogP contribution in [0.25, 0.3) is 10.4 Å². The van der Waals surface area contributed by atoms with Gasteiger partial charge in [-0.25, -0.2) is 0 Å². The predicted octanol–water partition coefficient (Wildman–Crippen LogP) is 4.58. The van der Waals surface area contributed by atoms with E-state index in [1.165, 1.54) is 16.0 Å². The normalized spacial score (nSPS) is 16.0. The first-order chi connectivity index (χ1) is 11.5. The van der Waals surface area contributed by atoms with Crippen molar-refractivity contribution >= 4 is 17.2 Å². The molecule has 4 heteroatoms. The van der Waals surface area contributed by atoms with Crippen LogP contribution in [0.15, 0.2) is 30.3 Å². The average molecular weight is 343 g/mol. The number of nitrogens with zero attached hydrogens (tertiary/aromatic N) is 2. The predicted molar refractivity (Wildman–Crippen MR) is 102 cm³/mol. The molecule has 1 fully saturated rings. The fourth-order valence-corrected chi connectivity index (χ4v) is 4.27. The Balaban J connectivity index is 1.83. The molecule has 2 heterocycles. The highest BCUT2D eigenvalue weighted by Crippen LogP contribution is 2.33. The molecule has 0 saturated carbocycles. The van der Waals surface area contributed by atoms with Crippen LogP contribution in [0.5, 0.6) is 0 Å². The maximum absolute atomic E-state index is 12.7. The lowest BCUT2D eigenvalue weighted by molar-refractivity contribution is 0.0797. The molecule has 1 aromatic heterocycles. The van der Waals surface area contributed by atoms with Crippen LogP contribution < -0.4 is 0 Å². The van der Waals surface area contributed by atoms with Crippen LogP contribution in [0.4, 0.5) is 0 Å². The van der Waals surface area contributed by atoms with Crippen molar-refractivity contribution < 1.29 is 4.79 Å². The number of hydrogen-bond donors (Lipinski definition) is 0. The van der Waals surface area contributed by atoms with Gasteiger partial charge in [-0.2, -0.15) is 0 Å². The lowest BCUT2D eigenvalue weighted by atomic mass is 10.0. The summed E-state index contributed by atoms with van der Waals surface area (Å²) in [5.41, 5.74) is 3.60. The number of carbonyl (C=O) groups excluding carboxylic acids is 1. The number of aryl methyl sites for hydroxylation is 1. The van der Waals surface area contributed by atoms with E-state index < -0.39 is 0 Å². The van der Waals surface area contributed by atoms with Gasteiger partial charge in [0.1, 0.15) is 0 Å². The Kier molecular flexibility index (Phi) is 5.07. The van der Waals surface area contributed by atoms with Crippen molar-refractivity contribution in [2.45, 2.75) is 32.7 Å². The Morgan fingerprint density at radius 3 is 2.38 bits per heavy atom. The maximum Gasteiger partial charge on any atom is 0.264 e. The van der Waals surface area contributed by atoms with Crippen LogP contribution in [-0.4, -0.2) is 42.9 Å². The molecular formula is C20H26N2OS. The Morgan fingerprint density at radius 2 is 1.79 bits per heavy atom. The molecule has 1 unspecified atom stereocenters. The van der Waals surface area contributed by atoms with Crippen LogP contribution in [0, 0.1) is 6.92 Å². The van der Waals surface area contributed by atoms with E-state index in [2.05, 4.69) is 56.3 Å². The molecule has 3 nitrogen and oxygen atoms in total. The molecule has 1 aliphatic heterocycles. The van der Waals surface area contributed by atoms with Crippen molar-refractivity contribution in [3.05, 3.63) is 46.3 Å². The molecule has 0 N–H and O–H groups in total. The lowest BCUT2D eigenvalue weighted by Gasteiger charge is -2.20. The summed E-state index contributed by atoms with van der Waals surface area (Å²) < 4.78 is 0. The van der Waals surface area contributed by atoms with Crippen LogP contribution in [0.2, 0.25) is 0 Å². The second kappa shape index (κ2) is 7.08. The molecule has 0 spiro atoms. The Hall–Kier alpha value is -1.65. The first kappa shape index (κ1) is 17.2. The minimum atomic E-state index is 0.208. The average Bonchev–Trinajstić information content (AvgIpc) is 3.23. The first-order valence-corrected chi connectivity index (χ1v) is 9.45. The topological polar surface area (TPSA) is 23.6 Å². The first-order valence-electron chi connectivity index (χ1n) is 8.64. The minimum absolute atomic E-state index is 0.208. The molecule has 128 valence electrons. The summed E-state index contributed by atoms with van der Waals surface area (Å²) >= 11 is 1.63. The molecule has 1 atom stereocenters. The number of likely N-dealkylation sites (tertiary alicyclic amines) is 1. The van der Waals surface area contributed by atoms with Crippen LogP contribution >= 0.6 is 11.3 Å². The van der Waals surface area contributed by atoms with Gasteiger partial charge in [0.15, 0.2) is 0 Å². The monoisotopic (exact) mass is 342 g/mol. The van der Waals surface area contributed by atoms with Gasteiger partial charge < -0.3 is 9.80 Å². The summed E-state index contributed by atoms with van der Waals surface area (Å²) in [6.07, 6.45) is 2.27. The summed E-state index contributed by atoms with van der Waals surface area (Å²) in [7, 11) is 4.19. The van der Waals surface area contributed by atoms with Crippen molar-refractivity contribution in [3.8, 4) is 10.4 Å². The molecule has 2 aromatic rings. The van der Waals surface area contributed by atoms with Gasteiger partial charge >= 0.3 is 0 Å². The zero-order chi connectivity index (χ0) is 17.3. The van der Waals surface area contributed by atoms with Gasteiger partial charge in [0.25, 0.3) is 5.91 Å². The third kappa shape index (κ3) is 3.40. The molecular weight excluding hydrogens is 316 g/mol. The highest BCUT2D eigenvalue weighted by atomic mass is 32.1. The van der Waals surface area contributed by atoms with Crippen molar-refractivity contribution in [1.82, 2.24) is 9.80 Å². The SMILES string of the molecule is Cc1cc(-c2ccc(C(C)N(C)C)cc2)sc1C(=O)N1CCCC1. The van der Waals surface area contributed by atoms with E-state index in [1.54, 1.807) is 11.3 Å². The largest absolute Gasteiger partial charge is 0.338 e. The van der Waals surface area contributed by atoms with Crippen molar-refractivity contribution in [1.29, 1.82) is 0 Å². The molecule has 0 aliphatic carbocycles. The van der Waals surface area contributed by atoms with Crippen molar-refractivity contribution in [2.24, 2.45) is 0 Å². The van der Waals surface area contributed by atoms with Crippen LogP contribution in [-0.2, 0) is 0 Å². The van der Waals surface area contributed by atoms with E-state index in [0.29, 0.717) is 6.04 Å². The molecule has 1 aliphatic rings.